The van der Waals surface area contributed by atoms with Gasteiger partial charge in [0.1, 0.15) is 0 Å². The highest BCUT2D eigenvalue weighted by Crippen LogP contribution is 2.23. The summed E-state index contributed by atoms with van der Waals surface area (Å²) in [5.74, 6) is 0.104. The summed E-state index contributed by atoms with van der Waals surface area (Å²) in [7, 11) is 0. The molecule has 2 heterocycles. The maximum Gasteiger partial charge on any atom is 0.187 e. The van der Waals surface area contributed by atoms with Crippen molar-refractivity contribution in [2.45, 2.75) is 57.9 Å². The second-order valence-corrected chi connectivity index (χ2v) is 8.55. The molecule has 1 aromatic carbocycles. The van der Waals surface area contributed by atoms with E-state index in [1.54, 1.807) is 6.08 Å². The number of carbonyl (C=O) groups excluding carboxylic acids is 1. The minimum absolute atomic E-state index is 0.104. The van der Waals surface area contributed by atoms with Gasteiger partial charge in [-0.3, -0.25) is 4.79 Å². The van der Waals surface area contributed by atoms with E-state index in [1.807, 2.05) is 18.3 Å². The molecule has 1 atom stereocenters. The summed E-state index contributed by atoms with van der Waals surface area (Å²) in [6.45, 7) is 11.3. The summed E-state index contributed by atoms with van der Waals surface area (Å²) < 4.78 is 0. The Balaban J connectivity index is 1.59. The smallest absolute Gasteiger partial charge is 0.187 e. The first kappa shape index (κ1) is 18.2. The topological polar surface area (TPSA) is 23.6 Å². The Bertz CT molecular complexity index is 606. The number of rotatable bonds is 5. The standard InChI is InChI=1S/C22H32N2O/c1-22(2,3)19-10-8-18(9-11-19)21(25)12-16-24-15-6-7-20(24)17-23-13-4-5-14-23/h8-12,16,20H,4-7,13-15,17H2,1-3H3/b16-12+/t20-/m0/s1. The van der Waals surface area contributed by atoms with Crippen LogP contribution in [-0.2, 0) is 5.41 Å². The van der Waals surface area contributed by atoms with Crippen LogP contribution in [-0.4, -0.2) is 47.8 Å². The number of allylic oxidation sites excluding steroid dienone is 1. The van der Waals surface area contributed by atoms with Crippen molar-refractivity contribution >= 4 is 5.78 Å². The van der Waals surface area contributed by atoms with Crippen LogP contribution in [0.3, 0.4) is 0 Å². The molecular weight excluding hydrogens is 308 g/mol. The molecule has 0 aliphatic carbocycles. The molecule has 0 amide bonds. The predicted octanol–water partition coefficient (Wildman–Crippen LogP) is 4.24. The number of likely N-dealkylation sites (tertiary alicyclic amines) is 2. The van der Waals surface area contributed by atoms with E-state index in [-0.39, 0.29) is 11.2 Å². The third-order valence-corrected chi connectivity index (χ3v) is 5.54. The summed E-state index contributed by atoms with van der Waals surface area (Å²) in [5.41, 5.74) is 2.16. The lowest BCUT2D eigenvalue weighted by Crippen LogP contribution is -2.36. The molecule has 2 aliphatic heterocycles. The number of ketones is 1. The lowest BCUT2D eigenvalue weighted by atomic mass is 9.86. The Labute approximate surface area is 152 Å². The maximum atomic E-state index is 12.5. The van der Waals surface area contributed by atoms with Crippen molar-refractivity contribution in [3.8, 4) is 0 Å². The second kappa shape index (κ2) is 7.74. The van der Waals surface area contributed by atoms with E-state index >= 15 is 0 Å². The Morgan fingerprint density at radius 2 is 1.76 bits per heavy atom. The van der Waals surface area contributed by atoms with E-state index in [2.05, 4.69) is 42.7 Å². The van der Waals surface area contributed by atoms with E-state index in [1.165, 1.54) is 44.3 Å². The predicted molar refractivity (Wildman–Crippen MR) is 104 cm³/mol. The van der Waals surface area contributed by atoms with Gasteiger partial charge in [-0.05, 0) is 49.8 Å². The molecule has 0 aromatic heterocycles. The van der Waals surface area contributed by atoms with Gasteiger partial charge in [-0.2, -0.15) is 0 Å². The molecule has 3 nitrogen and oxygen atoms in total. The van der Waals surface area contributed by atoms with Crippen molar-refractivity contribution < 1.29 is 4.79 Å². The second-order valence-electron chi connectivity index (χ2n) is 8.55. The molecule has 2 fully saturated rings. The lowest BCUT2D eigenvalue weighted by Gasteiger charge is -2.27. The summed E-state index contributed by atoms with van der Waals surface area (Å²) in [5, 5.41) is 0. The molecule has 25 heavy (non-hydrogen) atoms. The van der Waals surface area contributed by atoms with Gasteiger partial charge in [0.15, 0.2) is 5.78 Å². The molecule has 3 rings (SSSR count). The van der Waals surface area contributed by atoms with Crippen LogP contribution < -0.4 is 0 Å². The highest BCUT2D eigenvalue weighted by atomic mass is 16.1. The average Bonchev–Trinajstić information content (AvgIpc) is 3.24. The van der Waals surface area contributed by atoms with Crippen molar-refractivity contribution in [3.63, 3.8) is 0 Å². The molecule has 0 saturated carbocycles. The highest BCUT2D eigenvalue weighted by molar-refractivity contribution is 6.04. The average molecular weight is 341 g/mol. The Hall–Kier alpha value is -1.61. The third-order valence-electron chi connectivity index (χ3n) is 5.54. The molecule has 2 aliphatic rings. The quantitative estimate of drug-likeness (QED) is 0.592. The zero-order valence-electron chi connectivity index (χ0n) is 16.0. The largest absolute Gasteiger partial charge is 0.373 e. The number of hydrogen-bond acceptors (Lipinski definition) is 3. The lowest BCUT2D eigenvalue weighted by molar-refractivity contribution is 0.104. The van der Waals surface area contributed by atoms with E-state index in [0.717, 1.165) is 18.7 Å². The van der Waals surface area contributed by atoms with E-state index in [4.69, 9.17) is 0 Å². The summed E-state index contributed by atoms with van der Waals surface area (Å²) in [6.07, 6.45) is 8.95. The summed E-state index contributed by atoms with van der Waals surface area (Å²) in [4.78, 5) is 17.4. The minimum atomic E-state index is 0.104. The fourth-order valence-corrected chi connectivity index (χ4v) is 3.91. The van der Waals surface area contributed by atoms with Crippen LogP contribution in [0.15, 0.2) is 36.5 Å². The first-order valence-corrected chi connectivity index (χ1v) is 9.75. The van der Waals surface area contributed by atoms with Crippen LogP contribution in [0.1, 0.15) is 62.4 Å². The molecule has 2 saturated heterocycles. The van der Waals surface area contributed by atoms with Crippen molar-refractivity contribution in [3.05, 3.63) is 47.7 Å². The molecule has 0 N–H and O–H groups in total. The third kappa shape index (κ3) is 4.72. The molecule has 136 valence electrons. The Kier molecular flexibility index (Phi) is 5.63. The minimum Gasteiger partial charge on any atom is -0.373 e. The Morgan fingerprint density at radius 1 is 1.08 bits per heavy atom. The zero-order chi connectivity index (χ0) is 17.9. The Morgan fingerprint density at radius 3 is 2.40 bits per heavy atom. The van der Waals surface area contributed by atoms with Gasteiger partial charge in [-0.25, -0.2) is 0 Å². The summed E-state index contributed by atoms with van der Waals surface area (Å²) in [6, 6.07) is 8.64. The normalized spacial score (nSPS) is 22.2. The molecule has 0 radical (unpaired) electrons. The molecular formula is C22H32N2O. The van der Waals surface area contributed by atoms with Crippen LogP contribution in [0.4, 0.5) is 0 Å². The number of nitrogens with zero attached hydrogens (tertiary/aromatic N) is 2. The maximum absolute atomic E-state index is 12.5. The van der Waals surface area contributed by atoms with Crippen LogP contribution in [0, 0.1) is 0 Å². The fourth-order valence-electron chi connectivity index (χ4n) is 3.91. The first-order chi connectivity index (χ1) is 11.9. The molecule has 0 unspecified atom stereocenters. The summed E-state index contributed by atoms with van der Waals surface area (Å²) >= 11 is 0. The molecule has 1 aromatic rings. The van der Waals surface area contributed by atoms with E-state index in [9.17, 15) is 4.79 Å². The molecule has 3 heteroatoms. The van der Waals surface area contributed by atoms with Crippen molar-refractivity contribution in [1.82, 2.24) is 9.80 Å². The SMILES string of the molecule is CC(C)(C)c1ccc(C(=O)/C=C/N2CCC[C@H]2CN2CCCC2)cc1. The van der Waals surface area contributed by atoms with Gasteiger partial charge in [-0.1, -0.05) is 45.0 Å². The van der Waals surface area contributed by atoms with Crippen LogP contribution >= 0.6 is 0 Å². The highest BCUT2D eigenvalue weighted by Gasteiger charge is 2.25. The van der Waals surface area contributed by atoms with Crippen LogP contribution in [0.5, 0.6) is 0 Å². The van der Waals surface area contributed by atoms with Crippen molar-refractivity contribution in [2.75, 3.05) is 26.2 Å². The van der Waals surface area contributed by atoms with E-state index < -0.39 is 0 Å². The van der Waals surface area contributed by atoms with Gasteiger partial charge in [0.25, 0.3) is 0 Å². The van der Waals surface area contributed by atoms with Gasteiger partial charge in [-0.15, -0.1) is 0 Å². The van der Waals surface area contributed by atoms with Gasteiger partial charge in [0, 0.05) is 37.0 Å². The molecule has 0 bridgehead atoms. The van der Waals surface area contributed by atoms with Crippen LogP contribution in [0.25, 0.3) is 0 Å². The van der Waals surface area contributed by atoms with E-state index in [0.29, 0.717) is 6.04 Å². The number of carbonyl (C=O) groups is 1. The monoisotopic (exact) mass is 340 g/mol. The zero-order valence-corrected chi connectivity index (χ0v) is 16.0. The van der Waals surface area contributed by atoms with Gasteiger partial charge < -0.3 is 9.80 Å². The molecule has 0 spiro atoms. The number of benzene rings is 1. The van der Waals surface area contributed by atoms with Gasteiger partial charge >= 0.3 is 0 Å². The van der Waals surface area contributed by atoms with Gasteiger partial charge in [0.2, 0.25) is 0 Å². The fraction of sp³-hybridized carbons (Fsp3) is 0.591. The van der Waals surface area contributed by atoms with Crippen LogP contribution in [0.2, 0.25) is 0 Å². The van der Waals surface area contributed by atoms with Crippen molar-refractivity contribution in [1.29, 1.82) is 0 Å². The first-order valence-electron chi connectivity index (χ1n) is 9.75. The van der Waals surface area contributed by atoms with Gasteiger partial charge in [0.05, 0.1) is 0 Å². The number of hydrogen-bond donors (Lipinski definition) is 0. The van der Waals surface area contributed by atoms with Crippen molar-refractivity contribution in [2.24, 2.45) is 0 Å².